The molecule has 0 saturated heterocycles. The molecule has 0 amide bonds. The van der Waals surface area contributed by atoms with E-state index in [1.54, 1.807) is 13.1 Å². The van der Waals surface area contributed by atoms with Gasteiger partial charge in [0, 0.05) is 10.7 Å². The highest BCUT2D eigenvalue weighted by molar-refractivity contribution is 9.10. The zero-order valence-electron chi connectivity index (χ0n) is 8.99. The van der Waals surface area contributed by atoms with Gasteiger partial charge in [-0.1, -0.05) is 5.16 Å². The number of nitrogens with zero attached hydrogens (tertiary/aromatic N) is 3. The lowest BCUT2D eigenvalue weighted by molar-refractivity contribution is 0.379. The molecule has 2 rings (SSSR count). The minimum atomic E-state index is 0.482. The summed E-state index contributed by atoms with van der Waals surface area (Å²) in [6.07, 6.45) is 1.74. The van der Waals surface area contributed by atoms with Crippen LogP contribution < -0.4 is 5.32 Å². The molecule has 0 aliphatic heterocycles. The number of pyridine rings is 1. The minimum Gasteiger partial charge on any atom is -0.361 e. The summed E-state index contributed by atoms with van der Waals surface area (Å²) in [5, 5.41) is 6.85. The molecule has 0 spiro atoms. The fourth-order valence-electron chi connectivity index (χ4n) is 1.30. The van der Waals surface area contributed by atoms with E-state index in [2.05, 4.69) is 36.4 Å². The number of hydrogen-bond acceptors (Lipinski definition) is 5. The second-order valence-electron chi connectivity index (χ2n) is 3.41. The highest BCUT2D eigenvalue weighted by atomic mass is 79.9. The highest BCUT2D eigenvalue weighted by Crippen LogP contribution is 2.17. The van der Waals surface area contributed by atoms with Crippen LogP contribution in [-0.2, 0) is 6.54 Å². The summed E-state index contributed by atoms with van der Waals surface area (Å²) in [6.45, 7) is 4.26. The average Bonchev–Trinajstić information content (AvgIpc) is 2.63. The predicted molar refractivity (Wildman–Crippen MR) is 63.0 cm³/mol. The lowest BCUT2D eigenvalue weighted by atomic mass is 10.3. The van der Waals surface area contributed by atoms with Crippen LogP contribution in [0.15, 0.2) is 21.3 Å². The first-order valence-corrected chi connectivity index (χ1v) is 5.59. The third-order valence-corrected chi connectivity index (χ3v) is 2.46. The molecule has 0 bridgehead atoms. The first kappa shape index (κ1) is 11.1. The fourth-order valence-corrected chi connectivity index (χ4v) is 1.74. The Hall–Kier alpha value is -1.43. The van der Waals surface area contributed by atoms with Gasteiger partial charge in [-0.05, 0) is 41.4 Å². The van der Waals surface area contributed by atoms with E-state index in [9.17, 15) is 0 Å². The normalized spacial score (nSPS) is 10.4. The van der Waals surface area contributed by atoms with E-state index in [0.717, 1.165) is 15.9 Å². The van der Waals surface area contributed by atoms with Gasteiger partial charge in [-0.3, -0.25) is 0 Å². The lowest BCUT2D eigenvalue weighted by Gasteiger charge is -2.05. The summed E-state index contributed by atoms with van der Waals surface area (Å²) in [4.78, 5) is 8.35. The van der Waals surface area contributed by atoms with E-state index < -0.39 is 0 Å². The molecular formula is C10H11BrN4O. The van der Waals surface area contributed by atoms with Crippen molar-refractivity contribution >= 4 is 21.7 Å². The van der Waals surface area contributed by atoms with Crippen molar-refractivity contribution in [3.63, 3.8) is 0 Å². The predicted octanol–water partition coefficient (Wildman–Crippen LogP) is 2.46. The second kappa shape index (κ2) is 4.61. The van der Waals surface area contributed by atoms with Crippen LogP contribution >= 0.6 is 15.9 Å². The maximum atomic E-state index is 4.99. The molecule has 0 aliphatic carbocycles. The zero-order chi connectivity index (χ0) is 11.5. The molecule has 6 heteroatoms. The van der Waals surface area contributed by atoms with Crippen LogP contribution in [0.2, 0.25) is 0 Å². The molecule has 84 valence electrons. The van der Waals surface area contributed by atoms with Gasteiger partial charge in [-0.2, -0.15) is 4.98 Å². The molecule has 0 atom stereocenters. The largest absolute Gasteiger partial charge is 0.361 e. The molecule has 0 aliphatic rings. The minimum absolute atomic E-state index is 0.482. The molecule has 16 heavy (non-hydrogen) atoms. The third-order valence-electron chi connectivity index (χ3n) is 2.02. The molecule has 0 saturated carbocycles. The number of rotatable bonds is 3. The molecule has 0 fully saturated rings. The van der Waals surface area contributed by atoms with Crippen LogP contribution in [0.1, 0.15) is 17.3 Å². The van der Waals surface area contributed by atoms with E-state index in [1.165, 1.54) is 0 Å². The van der Waals surface area contributed by atoms with Crippen molar-refractivity contribution in [1.82, 2.24) is 15.1 Å². The van der Waals surface area contributed by atoms with Gasteiger partial charge in [-0.25, -0.2) is 4.98 Å². The van der Waals surface area contributed by atoms with Crippen LogP contribution in [0.4, 0.5) is 5.82 Å². The van der Waals surface area contributed by atoms with Gasteiger partial charge in [-0.15, -0.1) is 0 Å². The highest BCUT2D eigenvalue weighted by Gasteiger charge is 2.04. The summed E-state index contributed by atoms with van der Waals surface area (Å²) in [5.74, 6) is 2.01. The first-order valence-electron chi connectivity index (χ1n) is 4.80. The Bertz CT molecular complexity index is 497. The SMILES string of the molecule is Cc1noc(CNc2ncc(Br)cc2C)n1. The van der Waals surface area contributed by atoms with Gasteiger partial charge in [0.1, 0.15) is 5.82 Å². The number of aryl methyl sites for hydroxylation is 2. The molecule has 2 aromatic heterocycles. The maximum absolute atomic E-state index is 4.99. The summed E-state index contributed by atoms with van der Waals surface area (Å²) >= 11 is 3.36. The van der Waals surface area contributed by atoms with Gasteiger partial charge in [0.2, 0.25) is 5.89 Å². The van der Waals surface area contributed by atoms with E-state index in [-0.39, 0.29) is 0 Å². The van der Waals surface area contributed by atoms with Crippen LogP contribution in [0, 0.1) is 13.8 Å². The van der Waals surface area contributed by atoms with Crippen LogP contribution in [0.25, 0.3) is 0 Å². The van der Waals surface area contributed by atoms with E-state index in [1.807, 2.05) is 13.0 Å². The smallest absolute Gasteiger partial charge is 0.245 e. The van der Waals surface area contributed by atoms with Crippen LogP contribution in [0.5, 0.6) is 0 Å². The summed E-state index contributed by atoms with van der Waals surface area (Å²) in [7, 11) is 0. The Morgan fingerprint density at radius 2 is 2.25 bits per heavy atom. The summed E-state index contributed by atoms with van der Waals surface area (Å²) in [6, 6.07) is 1.99. The molecule has 2 heterocycles. The van der Waals surface area contributed by atoms with Crippen molar-refractivity contribution in [2.75, 3.05) is 5.32 Å². The quantitative estimate of drug-likeness (QED) is 0.937. The Kier molecular flexibility index (Phi) is 3.19. The van der Waals surface area contributed by atoms with Crippen molar-refractivity contribution < 1.29 is 4.52 Å². The molecule has 2 aromatic rings. The van der Waals surface area contributed by atoms with Gasteiger partial charge < -0.3 is 9.84 Å². The monoisotopic (exact) mass is 282 g/mol. The molecule has 0 unspecified atom stereocenters. The topological polar surface area (TPSA) is 63.8 Å². The summed E-state index contributed by atoms with van der Waals surface area (Å²) < 4.78 is 5.95. The van der Waals surface area contributed by atoms with Crippen LogP contribution in [0.3, 0.4) is 0 Å². The molecule has 0 radical (unpaired) electrons. The van der Waals surface area contributed by atoms with Crippen molar-refractivity contribution in [3.05, 3.63) is 34.0 Å². The Balaban J connectivity index is 2.04. The molecule has 5 nitrogen and oxygen atoms in total. The van der Waals surface area contributed by atoms with E-state index in [0.29, 0.717) is 18.3 Å². The Morgan fingerprint density at radius 1 is 1.44 bits per heavy atom. The number of aromatic nitrogens is 3. The van der Waals surface area contributed by atoms with Crippen molar-refractivity contribution in [2.45, 2.75) is 20.4 Å². The standard InChI is InChI=1S/C10H11BrN4O/c1-6-3-8(11)4-12-10(6)13-5-9-14-7(2)15-16-9/h3-4H,5H2,1-2H3,(H,12,13). The first-order chi connectivity index (χ1) is 7.65. The number of halogens is 1. The van der Waals surface area contributed by atoms with Gasteiger partial charge in [0.25, 0.3) is 0 Å². The van der Waals surface area contributed by atoms with Crippen LogP contribution in [-0.4, -0.2) is 15.1 Å². The molecule has 1 N–H and O–H groups in total. The number of nitrogens with one attached hydrogen (secondary N) is 1. The van der Waals surface area contributed by atoms with Crippen molar-refractivity contribution in [3.8, 4) is 0 Å². The third kappa shape index (κ3) is 2.57. The Morgan fingerprint density at radius 3 is 2.88 bits per heavy atom. The fraction of sp³-hybridized carbons (Fsp3) is 0.300. The zero-order valence-corrected chi connectivity index (χ0v) is 10.6. The number of hydrogen-bond donors (Lipinski definition) is 1. The van der Waals surface area contributed by atoms with E-state index >= 15 is 0 Å². The van der Waals surface area contributed by atoms with Gasteiger partial charge >= 0.3 is 0 Å². The van der Waals surface area contributed by atoms with Crippen molar-refractivity contribution in [1.29, 1.82) is 0 Å². The number of anilines is 1. The maximum Gasteiger partial charge on any atom is 0.245 e. The molecular weight excluding hydrogens is 272 g/mol. The van der Waals surface area contributed by atoms with Gasteiger partial charge in [0.05, 0.1) is 6.54 Å². The Labute approximate surface area is 101 Å². The van der Waals surface area contributed by atoms with Crippen molar-refractivity contribution in [2.24, 2.45) is 0 Å². The van der Waals surface area contributed by atoms with Gasteiger partial charge in [0.15, 0.2) is 5.82 Å². The van der Waals surface area contributed by atoms with E-state index in [4.69, 9.17) is 4.52 Å². The lowest BCUT2D eigenvalue weighted by Crippen LogP contribution is -2.03. The molecule has 0 aromatic carbocycles. The second-order valence-corrected chi connectivity index (χ2v) is 4.32. The average molecular weight is 283 g/mol. The summed E-state index contributed by atoms with van der Waals surface area (Å²) in [5.41, 5.74) is 1.06.